The van der Waals surface area contributed by atoms with Gasteiger partial charge in [0.05, 0.1) is 6.42 Å². The molecule has 4 nitrogen and oxygen atoms in total. The van der Waals surface area contributed by atoms with Crippen molar-refractivity contribution in [3.63, 3.8) is 0 Å². The summed E-state index contributed by atoms with van der Waals surface area (Å²) in [7, 11) is 0. The zero-order chi connectivity index (χ0) is 11.4. The van der Waals surface area contributed by atoms with E-state index in [2.05, 4.69) is 10.1 Å². The van der Waals surface area contributed by atoms with Gasteiger partial charge in [-0.25, -0.2) is 4.39 Å². The monoisotopic (exact) mass is 221 g/mol. The Labute approximate surface area is 92.3 Å². The predicted octanol–water partition coefficient (Wildman–Crippen LogP) is 1.30. The summed E-state index contributed by atoms with van der Waals surface area (Å²) in [6.45, 7) is 0.496. The fourth-order valence-electron chi connectivity index (χ4n) is 1.37. The van der Waals surface area contributed by atoms with Gasteiger partial charge < -0.3 is 10.3 Å². The maximum Gasteiger partial charge on any atom is 0.231 e. The van der Waals surface area contributed by atoms with Gasteiger partial charge in [-0.3, -0.25) is 0 Å². The second-order valence-corrected chi connectivity index (χ2v) is 3.45. The normalized spacial score (nSPS) is 10.6. The molecule has 1 aromatic heterocycles. The molecule has 1 heterocycles. The smallest absolute Gasteiger partial charge is 0.231 e. The van der Waals surface area contributed by atoms with E-state index in [4.69, 9.17) is 10.3 Å². The van der Waals surface area contributed by atoms with Crippen molar-refractivity contribution in [2.45, 2.75) is 12.8 Å². The first-order valence-corrected chi connectivity index (χ1v) is 5.04. The van der Waals surface area contributed by atoms with Crippen molar-refractivity contribution in [3.05, 3.63) is 47.4 Å². The van der Waals surface area contributed by atoms with Crippen LogP contribution in [0, 0.1) is 5.82 Å². The van der Waals surface area contributed by atoms with Crippen LogP contribution in [0.1, 0.15) is 17.3 Å². The summed E-state index contributed by atoms with van der Waals surface area (Å²) < 4.78 is 17.7. The lowest BCUT2D eigenvalue weighted by molar-refractivity contribution is 0.379. The Kier molecular flexibility index (Phi) is 3.26. The Morgan fingerprint density at radius 3 is 2.69 bits per heavy atom. The third kappa shape index (κ3) is 2.64. The molecule has 0 radical (unpaired) electrons. The summed E-state index contributed by atoms with van der Waals surface area (Å²) in [6, 6.07) is 6.21. The molecule has 0 saturated carbocycles. The van der Waals surface area contributed by atoms with Crippen molar-refractivity contribution >= 4 is 0 Å². The van der Waals surface area contributed by atoms with E-state index in [9.17, 15) is 4.39 Å². The Balaban J connectivity index is 2.05. The topological polar surface area (TPSA) is 64.9 Å². The van der Waals surface area contributed by atoms with Crippen molar-refractivity contribution in [1.82, 2.24) is 10.1 Å². The van der Waals surface area contributed by atoms with Gasteiger partial charge in [0, 0.05) is 6.42 Å². The molecule has 0 aliphatic rings. The molecule has 0 spiro atoms. The lowest BCUT2D eigenvalue weighted by Gasteiger charge is -1.95. The van der Waals surface area contributed by atoms with Crippen LogP contribution in [0.2, 0.25) is 0 Å². The maximum absolute atomic E-state index is 12.7. The number of nitrogens with two attached hydrogens (primary N) is 1. The number of benzene rings is 1. The van der Waals surface area contributed by atoms with Crippen molar-refractivity contribution in [2.75, 3.05) is 6.54 Å². The third-order valence-corrected chi connectivity index (χ3v) is 2.15. The first-order chi connectivity index (χ1) is 7.78. The van der Waals surface area contributed by atoms with E-state index in [1.165, 1.54) is 12.1 Å². The van der Waals surface area contributed by atoms with Crippen molar-refractivity contribution in [2.24, 2.45) is 5.73 Å². The van der Waals surface area contributed by atoms with Gasteiger partial charge in [-0.2, -0.15) is 4.98 Å². The molecule has 0 amide bonds. The molecule has 0 aliphatic heterocycles. The molecule has 5 heteroatoms. The Hall–Kier alpha value is -1.75. The van der Waals surface area contributed by atoms with Gasteiger partial charge in [-0.15, -0.1) is 0 Å². The molecular formula is C11H12FN3O. The minimum atomic E-state index is -0.252. The van der Waals surface area contributed by atoms with E-state index in [1.54, 1.807) is 12.1 Å². The SMILES string of the molecule is NCCc1noc(Cc2ccc(F)cc2)n1. The zero-order valence-electron chi connectivity index (χ0n) is 8.69. The highest BCUT2D eigenvalue weighted by Gasteiger charge is 2.06. The molecule has 2 N–H and O–H groups in total. The van der Waals surface area contributed by atoms with Gasteiger partial charge in [0.2, 0.25) is 5.89 Å². The van der Waals surface area contributed by atoms with Gasteiger partial charge in [-0.1, -0.05) is 17.3 Å². The van der Waals surface area contributed by atoms with E-state index in [0.29, 0.717) is 31.1 Å². The van der Waals surface area contributed by atoms with Gasteiger partial charge >= 0.3 is 0 Å². The minimum absolute atomic E-state index is 0.252. The first kappa shape index (κ1) is 10.8. The summed E-state index contributed by atoms with van der Waals surface area (Å²) in [5, 5.41) is 3.78. The van der Waals surface area contributed by atoms with E-state index in [-0.39, 0.29) is 5.82 Å². The molecule has 0 saturated heterocycles. The Morgan fingerprint density at radius 2 is 2.00 bits per heavy atom. The molecule has 16 heavy (non-hydrogen) atoms. The molecule has 1 aromatic carbocycles. The van der Waals surface area contributed by atoms with E-state index in [0.717, 1.165) is 5.56 Å². The fraction of sp³-hybridized carbons (Fsp3) is 0.273. The van der Waals surface area contributed by atoms with Crippen molar-refractivity contribution < 1.29 is 8.91 Å². The minimum Gasteiger partial charge on any atom is -0.339 e. The standard InChI is InChI=1S/C11H12FN3O/c12-9-3-1-8(2-4-9)7-11-14-10(5-6-13)15-16-11/h1-4H,5-7,13H2. The largest absolute Gasteiger partial charge is 0.339 e. The van der Waals surface area contributed by atoms with Crippen LogP contribution < -0.4 is 5.73 Å². The van der Waals surface area contributed by atoms with Gasteiger partial charge in [0.1, 0.15) is 5.82 Å². The quantitative estimate of drug-likeness (QED) is 0.845. The van der Waals surface area contributed by atoms with Crippen LogP contribution in [0.15, 0.2) is 28.8 Å². The maximum atomic E-state index is 12.7. The lowest BCUT2D eigenvalue weighted by atomic mass is 10.1. The van der Waals surface area contributed by atoms with Crippen LogP contribution in [0.4, 0.5) is 4.39 Å². The zero-order valence-corrected chi connectivity index (χ0v) is 8.69. The number of aromatic nitrogens is 2. The summed E-state index contributed by atoms with van der Waals surface area (Å²) in [5.74, 6) is 0.882. The van der Waals surface area contributed by atoms with Crippen LogP contribution in [-0.4, -0.2) is 16.7 Å². The highest BCUT2D eigenvalue weighted by atomic mass is 19.1. The van der Waals surface area contributed by atoms with Crippen molar-refractivity contribution in [1.29, 1.82) is 0 Å². The van der Waals surface area contributed by atoms with E-state index in [1.807, 2.05) is 0 Å². The highest BCUT2D eigenvalue weighted by molar-refractivity contribution is 5.19. The average molecular weight is 221 g/mol. The van der Waals surface area contributed by atoms with Gasteiger partial charge in [0.25, 0.3) is 0 Å². The molecule has 0 bridgehead atoms. The summed E-state index contributed by atoms with van der Waals surface area (Å²) in [6.07, 6.45) is 1.12. The number of hydrogen-bond donors (Lipinski definition) is 1. The fourth-order valence-corrected chi connectivity index (χ4v) is 1.37. The molecule has 0 atom stereocenters. The number of halogens is 1. The van der Waals surface area contributed by atoms with Crippen molar-refractivity contribution in [3.8, 4) is 0 Å². The molecular weight excluding hydrogens is 209 g/mol. The van der Waals surface area contributed by atoms with Gasteiger partial charge in [-0.05, 0) is 24.2 Å². The van der Waals surface area contributed by atoms with Crippen LogP contribution in [0.3, 0.4) is 0 Å². The average Bonchev–Trinajstić information content (AvgIpc) is 2.70. The summed E-state index contributed by atoms with van der Waals surface area (Å²) >= 11 is 0. The molecule has 2 rings (SSSR count). The second kappa shape index (κ2) is 4.85. The third-order valence-electron chi connectivity index (χ3n) is 2.15. The van der Waals surface area contributed by atoms with E-state index < -0.39 is 0 Å². The highest BCUT2D eigenvalue weighted by Crippen LogP contribution is 2.08. The second-order valence-electron chi connectivity index (χ2n) is 3.45. The number of hydrogen-bond acceptors (Lipinski definition) is 4. The number of nitrogens with zero attached hydrogens (tertiary/aromatic N) is 2. The first-order valence-electron chi connectivity index (χ1n) is 5.04. The molecule has 0 unspecified atom stereocenters. The van der Waals surface area contributed by atoms with Crippen LogP contribution in [0.25, 0.3) is 0 Å². The lowest BCUT2D eigenvalue weighted by Crippen LogP contribution is -2.04. The molecule has 2 aromatic rings. The number of rotatable bonds is 4. The Bertz CT molecular complexity index is 453. The van der Waals surface area contributed by atoms with E-state index >= 15 is 0 Å². The van der Waals surface area contributed by atoms with Crippen LogP contribution >= 0.6 is 0 Å². The summed E-state index contributed by atoms with van der Waals surface area (Å²) in [4.78, 5) is 4.17. The summed E-state index contributed by atoms with van der Waals surface area (Å²) in [5.41, 5.74) is 6.31. The predicted molar refractivity (Wildman–Crippen MR) is 56.3 cm³/mol. The molecule has 0 fully saturated rings. The molecule has 0 aliphatic carbocycles. The van der Waals surface area contributed by atoms with Crippen LogP contribution in [-0.2, 0) is 12.8 Å². The molecule has 84 valence electrons. The Morgan fingerprint density at radius 1 is 1.25 bits per heavy atom. The van der Waals surface area contributed by atoms with Gasteiger partial charge in [0.15, 0.2) is 5.82 Å². The van der Waals surface area contributed by atoms with Crippen LogP contribution in [0.5, 0.6) is 0 Å².